The standard InChI is InChI=1S/C17H27N3O.2ClH/c1-16(2)11-14(12-17(3,4)20(16)6)19(5)15(21)13-7-9-18-10-8-13;;/h7-10,14H,11-12H2,1-6H3;2*1H. The Morgan fingerprint density at radius 1 is 1.13 bits per heavy atom. The molecule has 132 valence electrons. The van der Waals surface area contributed by atoms with Crippen LogP contribution in [0.25, 0.3) is 0 Å². The fourth-order valence-electron chi connectivity index (χ4n) is 3.46. The van der Waals surface area contributed by atoms with E-state index in [0.29, 0.717) is 5.56 Å². The fraction of sp³-hybridized carbons (Fsp3) is 0.647. The van der Waals surface area contributed by atoms with Gasteiger partial charge in [-0.15, -0.1) is 24.8 Å². The number of halogens is 2. The van der Waals surface area contributed by atoms with Gasteiger partial charge in [-0.3, -0.25) is 14.7 Å². The average molecular weight is 362 g/mol. The number of aromatic nitrogens is 1. The minimum atomic E-state index is 0. The van der Waals surface area contributed by atoms with Crippen molar-refractivity contribution < 1.29 is 4.79 Å². The molecule has 2 rings (SSSR count). The monoisotopic (exact) mass is 361 g/mol. The summed E-state index contributed by atoms with van der Waals surface area (Å²) in [4.78, 5) is 21.0. The third-order valence-electron chi connectivity index (χ3n) is 5.08. The Labute approximate surface area is 152 Å². The Morgan fingerprint density at radius 2 is 1.57 bits per heavy atom. The molecular formula is C17H29Cl2N3O. The second kappa shape index (κ2) is 7.82. The normalized spacial score (nSPS) is 20.1. The molecule has 0 radical (unpaired) electrons. The fourth-order valence-corrected chi connectivity index (χ4v) is 3.46. The predicted molar refractivity (Wildman–Crippen MR) is 99.8 cm³/mol. The van der Waals surface area contributed by atoms with Crippen molar-refractivity contribution in [2.75, 3.05) is 14.1 Å². The van der Waals surface area contributed by atoms with Gasteiger partial charge in [0.05, 0.1) is 0 Å². The molecule has 0 saturated carbocycles. The number of likely N-dealkylation sites (tertiary alicyclic amines) is 1. The van der Waals surface area contributed by atoms with Gasteiger partial charge in [0.15, 0.2) is 0 Å². The first kappa shape index (κ1) is 22.2. The molecule has 23 heavy (non-hydrogen) atoms. The molecule has 4 nitrogen and oxygen atoms in total. The molecule has 0 unspecified atom stereocenters. The number of hydrogen-bond donors (Lipinski definition) is 0. The summed E-state index contributed by atoms with van der Waals surface area (Å²) in [6.45, 7) is 9.02. The van der Waals surface area contributed by atoms with Gasteiger partial charge in [-0.2, -0.15) is 0 Å². The van der Waals surface area contributed by atoms with E-state index in [1.807, 2.05) is 11.9 Å². The van der Waals surface area contributed by atoms with Crippen molar-refractivity contribution in [1.29, 1.82) is 0 Å². The lowest BCUT2D eigenvalue weighted by Gasteiger charge is -2.55. The molecule has 1 saturated heterocycles. The van der Waals surface area contributed by atoms with Gasteiger partial charge in [-0.25, -0.2) is 0 Å². The van der Waals surface area contributed by atoms with Crippen LogP contribution in [0.2, 0.25) is 0 Å². The van der Waals surface area contributed by atoms with Gasteiger partial charge < -0.3 is 4.90 Å². The van der Waals surface area contributed by atoms with E-state index in [2.05, 4.69) is 44.6 Å². The van der Waals surface area contributed by atoms with Crippen molar-refractivity contribution in [3.05, 3.63) is 30.1 Å². The summed E-state index contributed by atoms with van der Waals surface area (Å²) in [5, 5.41) is 0. The molecule has 1 amide bonds. The highest BCUT2D eigenvalue weighted by Gasteiger charge is 2.44. The van der Waals surface area contributed by atoms with Gasteiger partial charge in [-0.1, -0.05) is 0 Å². The number of nitrogens with zero attached hydrogens (tertiary/aromatic N) is 3. The van der Waals surface area contributed by atoms with E-state index in [1.54, 1.807) is 24.5 Å². The first-order valence-corrected chi connectivity index (χ1v) is 7.56. The van der Waals surface area contributed by atoms with Crippen LogP contribution in [0, 0.1) is 0 Å². The molecule has 0 atom stereocenters. The van der Waals surface area contributed by atoms with Crippen LogP contribution < -0.4 is 0 Å². The van der Waals surface area contributed by atoms with Crippen molar-refractivity contribution in [3.8, 4) is 0 Å². The van der Waals surface area contributed by atoms with Crippen LogP contribution in [0.1, 0.15) is 50.9 Å². The maximum atomic E-state index is 12.6. The number of carbonyl (C=O) groups is 1. The molecule has 0 bridgehead atoms. The first-order chi connectivity index (χ1) is 9.65. The summed E-state index contributed by atoms with van der Waals surface area (Å²) in [7, 11) is 4.10. The summed E-state index contributed by atoms with van der Waals surface area (Å²) in [6.07, 6.45) is 5.31. The Balaban J connectivity index is 0.00000242. The third-order valence-corrected chi connectivity index (χ3v) is 5.08. The molecule has 1 fully saturated rings. The zero-order valence-electron chi connectivity index (χ0n) is 14.9. The van der Waals surface area contributed by atoms with Crippen molar-refractivity contribution in [3.63, 3.8) is 0 Å². The number of piperidine rings is 1. The SMILES string of the molecule is CN(C(=O)c1ccncc1)C1CC(C)(C)N(C)C(C)(C)C1.Cl.Cl. The maximum Gasteiger partial charge on any atom is 0.253 e. The van der Waals surface area contributed by atoms with Crippen LogP contribution in [0.3, 0.4) is 0 Å². The smallest absolute Gasteiger partial charge is 0.253 e. The second-order valence-electron chi connectivity index (χ2n) is 7.40. The lowest BCUT2D eigenvalue weighted by Crippen LogP contribution is -2.62. The van der Waals surface area contributed by atoms with Gasteiger partial charge in [-0.05, 0) is 59.7 Å². The quantitative estimate of drug-likeness (QED) is 0.806. The van der Waals surface area contributed by atoms with Gasteiger partial charge in [0.25, 0.3) is 5.91 Å². The Hall–Kier alpha value is -0.840. The van der Waals surface area contributed by atoms with Gasteiger partial charge >= 0.3 is 0 Å². The third kappa shape index (κ3) is 4.59. The average Bonchev–Trinajstić information content (AvgIpc) is 2.43. The minimum Gasteiger partial charge on any atom is -0.339 e. The van der Waals surface area contributed by atoms with Crippen molar-refractivity contribution >= 4 is 30.7 Å². The van der Waals surface area contributed by atoms with Gasteiger partial charge in [0.1, 0.15) is 0 Å². The van der Waals surface area contributed by atoms with Crippen LogP contribution in [-0.2, 0) is 0 Å². The van der Waals surface area contributed by atoms with E-state index in [1.165, 1.54) is 0 Å². The molecule has 2 heterocycles. The Bertz CT molecular complexity index is 502. The van der Waals surface area contributed by atoms with Crippen molar-refractivity contribution in [2.45, 2.75) is 57.7 Å². The minimum absolute atomic E-state index is 0. The molecule has 1 aliphatic heterocycles. The van der Waals surface area contributed by atoms with Crippen LogP contribution in [0.5, 0.6) is 0 Å². The van der Waals surface area contributed by atoms with Crippen LogP contribution in [0.4, 0.5) is 0 Å². The zero-order chi connectivity index (χ0) is 15.8. The molecule has 0 aromatic carbocycles. The molecule has 1 aromatic heterocycles. The highest BCUT2D eigenvalue weighted by atomic mass is 35.5. The molecule has 1 aromatic rings. The van der Waals surface area contributed by atoms with Gasteiger partial charge in [0.2, 0.25) is 0 Å². The summed E-state index contributed by atoms with van der Waals surface area (Å²) >= 11 is 0. The number of carbonyl (C=O) groups excluding carboxylic acids is 1. The highest BCUT2D eigenvalue weighted by Crippen LogP contribution is 2.38. The highest BCUT2D eigenvalue weighted by molar-refractivity contribution is 5.94. The van der Waals surface area contributed by atoms with Crippen molar-refractivity contribution in [1.82, 2.24) is 14.8 Å². The molecular weight excluding hydrogens is 333 g/mol. The predicted octanol–water partition coefficient (Wildman–Crippen LogP) is 3.65. The topological polar surface area (TPSA) is 36.4 Å². The number of hydrogen-bond acceptors (Lipinski definition) is 3. The molecule has 1 aliphatic rings. The van der Waals surface area contributed by atoms with Crippen LogP contribution in [0.15, 0.2) is 24.5 Å². The molecule has 0 N–H and O–H groups in total. The molecule has 0 spiro atoms. The van der Waals surface area contributed by atoms with Crippen molar-refractivity contribution in [2.24, 2.45) is 0 Å². The first-order valence-electron chi connectivity index (χ1n) is 7.56. The van der Waals surface area contributed by atoms with E-state index in [4.69, 9.17) is 0 Å². The van der Waals surface area contributed by atoms with E-state index >= 15 is 0 Å². The summed E-state index contributed by atoms with van der Waals surface area (Å²) < 4.78 is 0. The lowest BCUT2D eigenvalue weighted by atomic mass is 9.77. The second-order valence-corrected chi connectivity index (χ2v) is 7.40. The zero-order valence-corrected chi connectivity index (χ0v) is 16.5. The molecule has 6 heteroatoms. The molecule has 0 aliphatic carbocycles. The van der Waals surface area contributed by atoms with Crippen LogP contribution in [-0.4, -0.2) is 51.9 Å². The summed E-state index contributed by atoms with van der Waals surface area (Å²) in [6, 6.07) is 3.82. The van der Waals surface area contributed by atoms with Gasteiger partial charge in [0, 0.05) is 42.1 Å². The number of amides is 1. The number of rotatable bonds is 2. The summed E-state index contributed by atoms with van der Waals surface area (Å²) in [5.74, 6) is 0.0820. The van der Waals surface area contributed by atoms with E-state index in [9.17, 15) is 4.79 Å². The maximum absolute atomic E-state index is 12.6. The van der Waals surface area contributed by atoms with E-state index < -0.39 is 0 Å². The van der Waals surface area contributed by atoms with Crippen LogP contribution >= 0.6 is 24.8 Å². The summed E-state index contributed by atoms with van der Waals surface area (Å²) in [5.41, 5.74) is 0.875. The van der Waals surface area contributed by atoms with E-state index in [0.717, 1.165) is 12.8 Å². The number of pyridine rings is 1. The van der Waals surface area contributed by atoms with E-state index in [-0.39, 0.29) is 47.8 Å². The lowest BCUT2D eigenvalue weighted by molar-refractivity contribution is -0.0376. The Morgan fingerprint density at radius 3 is 2.00 bits per heavy atom. The largest absolute Gasteiger partial charge is 0.339 e. The Kier molecular flexibility index (Phi) is 7.54.